The quantitative estimate of drug-likeness (QED) is 0.634. The van der Waals surface area contributed by atoms with E-state index in [1.54, 1.807) is 12.1 Å². The number of halogens is 1. The monoisotopic (exact) mass is 329 g/mol. The summed E-state index contributed by atoms with van der Waals surface area (Å²) in [6, 6.07) is 8.70. The van der Waals surface area contributed by atoms with E-state index >= 15 is 0 Å². The van der Waals surface area contributed by atoms with Crippen LogP contribution in [0.1, 0.15) is 44.8 Å². The minimum Gasteiger partial charge on any atom is -0.453 e. The summed E-state index contributed by atoms with van der Waals surface area (Å²) in [7, 11) is 0. The van der Waals surface area contributed by atoms with E-state index < -0.39 is 5.97 Å². The Bertz CT molecular complexity index is 758. The van der Waals surface area contributed by atoms with Crippen molar-refractivity contribution in [2.45, 2.75) is 25.7 Å². The summed E-state index contributed by atoms with van der Waals surface area (Å²) in [6.07, 6.45) is 5.84. The van der Waals surface area contributed by atoms with Crippen molar-refractivity contribution in [1.82, 2.24) is 4.98 Å². The summed E-state index contributed by atoms with van der Waals surface area (Å²) in [5.41, 5.74) is 3.21. The number of Topliss-reactive ketones (excluding diaryl/α,β-unsaturated/α-hetero) is 1. The van der Waals surface area contributed by atoms with Gasteiger partial charge in [-0.2, -0.15) is 0 Å². The predicted molar refractivity (Wildman–Crippen MR) is 86.9 cm³/mol. The molecule has 0 spiro atoms. The number of carbonyl (C=O) groups excluding carboxylic acids is 2. The normalized spacial score (nSPS) is 13.3. The topological polar surface area (TPSA) is 56.3 Å². The van der Waals surface area contributed by atoms with Crippen molar-refractivity contribution in [3.63, 3.8) is 0 Å². The smallest absolute Gasteiger partial charge is 0.357 e. The number of rotatable bonds is 4. The van der Waals surface area contributed by atoms with E-state index in [1.807, 2.05) is 12.1 Å². The molecule has 118 valence electrons. The van der Waals surface area contributed by atoms with E-state index in [4.69, 9.17) is 16.3 Å². The molecule has 0 radical (unpaired) electrons. The van der Waals surface area contributed by atoms with Crippen LogP contribution < -0.4 is 0 Å². The highest BCUT2D eigenvalue weighted by molar-refractivity contribution is 6.30. The molecule has 0 N–H and O–H groups in total. The SMILES string of the molecule is O=C(COC(=O)c1cc(Cl)ccn1)c1ccc2c(c1)CCCC2. The van der Waals surface area contributed by atoms with Gasteiger partial charge in [0.15, 0.2) is 12.4 Å². The van der Waals surface area contributed by atoms with Crippen LogP contribution in [0.2, 0.25) is 5.02 Å². The van der Waals surface area contributed by atoms with Gasteiger partial charge in [-0.3, -0.25) is 4.79 Å². The zero-order valence-corrected chi connectivity index (χ0v) is 13.3. The van der Waals surface area contributed by atoms with Gasteiger partial charge in [-0.05, 0) is 55.0 Å². The zero-order chi connectivity index (χ0) is 16.2. The molecule has 2 aromatic rings. The van der Waals surface area contributed by atoms with Crippen LogP contribution in [0.25, 0.3) is 0 Å². The average molecular weight is 330 g/mol. The number of carbonyl (C=O) groups is 2. The fraction of sp³-hybridized carbons (Fsp3) is 0.278. The van der Waals surface area contributed by atoms with E-state index in [-0.39, 0.29) is 18.1 Å². The number of aryl methyl sites for hydroxylation is 2. The van der Waals surface area contributed by atoms with Crippen LogP contribution in [0.5, 0.6) is 0 Å². The fourth-order valence-corrected chi connectivity index (χ4v) is 2.87. The molecule has 0 amide bonds. The molecule has 0 fully saturated rings. The third-order valence-corrected chi connectivity index (χ3v) is 4.17. The molecule has 0 aliphatic heterocycles. The first-order valence-electron chi connectivity index (χ1n) is 7.57. The molecule has 0 saturated heterocycles. The van der Waals surface area contributed by atoms with Crippen LogP contribution in [0.3, 0.4) is 0 Å². The fourth-order valence-electron chi connectivity index (χ4n) is 2.71. The van der Waals surface area contributed by atoms with Gasteiger partial charge in [-0.1, -0.05) is 23.7 Å². The summed E-state index contributed by atoms with van der Waals surface area (Å²) in [4.78, 5) is 28.0. The van der Waals surface area contributed by atoms with Gasteiger partial charge in [0.2, 0.25) is 0 Å². The number of fused-ring (bicyclic) bond motifs is 1. The number of pyridine rings is 1. The van der Waals surface area contributed by atoms with Gasteiger partial charge in [-0.25, -0.2) is 9.78 Å². The third kappa shape index (κ3) is 3.77. The molecule has 0 unspecified atom stereocenters. The lowest BCUT2D eigenvalue weighted by atomic mass is 9.90. The molecule has 3 rings (SSSR count). The molecule has 0 saturated carbocycles. The number of ketones is 1. The summed E-state index contributed by atoms with van der Waals surface area (Å²) in [6.45, 7) is -0.300. The second-order valence-corrected chi connectivity index (χ2v) is 5.99. The van der Waals surface area contributed by atoms with Crippen LogP contribution in [-0.2, 0) is 17.6 Å². The Morgan fingerprint density at radius 2 is 1.87 bits per heavy atom. The molecule has 1 aromatic carbocycles. The number of hydrogen-bond donors (Lipinski definition) is 0. The van der Waals surface area contributed by atoms with Gasteiger partial charge in [-0.15, -0.1) is 0 Å². The first-order chi connectivity index (χ1) is 11.1. The highest BCUT2D eigenvalue weighted by Crippen LogP contribution is 2.22. The maximum absolute atomic E-state index is 12.2. The Morgan fingerprint density at radius 3 is 2.65 bits per heavy atom. The van der Waals surface area contributed by atoms with Crippen molar-refractivity contribution in [3.8, 4) is 0 Å². The second-order valence-electron chi connectivity index (χ2n) is 5.55. The third-order valence-electron chi connectivity index (χ3n) is 3.94. The molecular formula is C18H16ClNO3. The lowest BCUT2D eigenvalue weighted by Crippen LogP contribution is -2.16. The molecule has 1 aliphatic rings. The highest BCUT2D eigenvalue weighted by Gasteiger charge is 2.16. The number of aromatic nitrogens is 1. The van der Waals surface area contributed by atoms with Gasteiger partial charge in [0.1, 0.15) is 5.69 Å². The number of benzene rings is 1. The van der Waals surface area contributed by atoms with Crippen molar-refractivity contribution in [3.05, 3.63) is 63.9 Å². The minimum absolute atomic E-state index is 0.0933. The summed E-state index contributed by atoms with van der Waals surface area (Å²) >= 11 is 5.80. The minimum atomic E-state index is -0.654. The van der Waals surface area contributed by atoms with Crippen molar-refractivity contribution in [2.75, 3.05) is 6.61 Å². The summed E-state index contributed by atoms with van der Waals surface area (Å²) in [5.74, 6) is -0.868. The van der Waals surface area contributed by atoms with Gasteiger partial charge < -0.3 is 4.74 Å². The van der Waals surface area contributed by atoms with Crippen LogP contribution in [-0.4, -0.2) is 23.3 Å². The number of nitrogens with zero attached hydrogens (tertiary/aromatic N) is 1. The molecule has 1 heterocycles. The van der Waals surface area contributed by atoms with Crippen molar-refractivity contribution in [2.24, 2.45) is 0 Å². The summed E-state index contributed by atoms with van der Waals surface area (Å²) in [5, 5.41) is 0.396. The maximum atomic E-state index is 12.2. The molecule has 0 bridgehead atoms. The zero-order valence-electron chi connectivity index (χ0n) is 12.5. The highest BCUT2D eigenvalue weighted by atomic mass is 35.5. The molecular weight excluding hydrogens is 314 g/mol. The number of esters is 1. The van der Waals surface area contributed by atoms with Crippen molar-refractivity contribution < 1.29 is 14.3 Å². The molecule has 5 heteroatoms. The van der Waals surface area contributed by atoms with Crippen LogP contribution in [0, 0.1) is 0 Å². The Kier molecular flexibility index (Phi) is 4.72. The number of ether oxygens (including phenoxy) is 1. The van der Waals surface area contributed by atoms with Crippen molar-refractivity contribution in [1.29, 1.82) is 0 Å². The van der Waals surface area contributed by atoms with Crippen LogP contribution in [0.4, 0.5) is 0 Å². The Balaban J connectivity index is 1.64. The maximum Gasteiger partial charge on any atom is 0.357 e. The van der Waals surface area contributed by atoms with E-state index in [0.29, 0.717) is 10.6 Å². The largest absolute Gasteiger partial charge is 0.453 e. The molecule has 1 aliphatic carbocycles. The Morgan fingerprint density at radius 1 is 1.09 bits per heavy atom. The van der Waals surface area contributed by atoms with Gasteiger partial charge in [0, 0.05) is 16.8 Å². The molecule has 1 aromatic heterocycles. The lowest BCUT2D eigenvalue weighted by molar-refractivity contribution is 0.0469. The van der Waals surface area contributed by atoms with Gasteiger partial charge in [0.05, 0.1) is 0 Å². The van der Waals surface area contributed by atoms with Crippen LogP contribution >= 0.6 is 11.6 Å². The molecule has 4 nitrogen and oxygen atoms in total. The number of hydrogen-bond acceptors (Lipinski definition) is 4. The van der Waals surface area contributed by atoms with E-state index in [2.05, 4.69) is 4.98 Å². The standard InChI is InChI=1S/C18H16ClNO3/c19-15-7-8-20-16(10-15)18(22)23-11-17(21)14-6-5-12-3-1-2-4-13(12)9-14/h5-10H,1-4,11H2. The predicted octanol–water partition coefficient (Wildman–Crippen LogP) is 3.65. The molecule has 23 heavy (non-hydrogen) atoms. The first kappa shape index (κ1) is 15.7. The first-order valence-corrected chi connectivity index (χ1v) is 7.95. The van der Waals surface area contributed by atoms with E-state index in [1.165, 1.54) is 29.8 Å². The van der Waals surface area contributed by atoms with Crippen LogP contribution in [0.15, 0.2) is 36.5 Å². The van der Waals surface area contributed by atoms with Gasteiger partial charge in [0.25, 0.3) is 0 Å². The Labute approximate surface area is 139 Å². The average Bonchev–Trinajstić information content (AvgIpc) is 2.59. The van der Waals surface area contributed by atoms with Crippen molar-refractivity contribution >= 4 is 23.4 Å². The molecule has 0 atom stereocenters. The lowest BCUT2D eigenvalue weighted by Gasteiger charge is -2.16. The van der Waals surface area contributed by atoms with E-state index in [9.17, 15) is 9.59 Å². The van der Waals surface area contributed by atoms with Gasteiger partial charge >= 0.3 is 5.97 Å². The van der Waals surface area contributed by atoms with E-state index in [0.717, 1.165) is 19.3 Å². The summed E-state index contributed by atoms with van der Waals surface area (Å²) < 4.78 is 5.03. The Hall–Kier alpha value is -2.20. The second kappa shape index (κ2) is 6.92.